The summed E-state index contributed by atoms with van der Waals surface area (Å²) in [4.78, 5) is 17.0. The van der Waals surface area contributed by atoms with Crippen LogP contribution in [-0.4, -0.2) is 30.8 Å². The first-order valence-electron chi connectivity index (χ1n) is 6.10. The van der Waals surface area contributed by atoms with Crippen LogP contribution in [0.5, 0.6) is 0 Å². The summed E-state index contributed by atoms with van der Waals surface area (Å²) in [6.07, 6.45) is 5.90. The summed E-state index contributed by atoms with van der Waals surface area (Å²) in [5.41, 5.74) is 7.99. The van der Waals surface area contributed by atoms with Crippen molar-refractivity contribution in [2.75, 3.05) is 6.54 Å². The van der Waals surface area contributed by atoms with Gasteiger partial charge >= 0.3 is 0 Å². The van der Waals surface area contributed by atoms with Crippen molar-refractivity contribution >= 4 is 5.91 Å². The molecule has 2 fully saturated rings. The molecule has 1 amide bonds. The molecule has 2 atom stereocenters. The standard InChI is InChI=1S/C11H20N2O3/c12-7-9-5-6-10(15-9)11(14)13-16-8-3-1-2-4-8/h8-10H,1-7,12H2,(H,13,14). The van der Waals surface area contributed by atoms with E-state index < -0.39 is 0 Å². The van der Waals surface area contributed by atoms with Crippen LogP contribution in [0.15, 0.2) is 0 Å². The van der Waals surface area contributed by atoms with Gasteiger partial charge in [0, 0.05) is 6.54 Å². The van der Waals surface area contributed by atoms with Crippen LogP contribution in [0.2, 0.25) is 0 Å². The summed E-state index contributed by atoms with van der Waals surface area (Å²) >= 11 is 0. The zero-order valence-electron chi connectivity index (χ0n) is 9.48. The first-order valence-corrected chi connectivity index (χ1v) is 6.10. The highest BCUT2D eigenvalue weighted by Crippen LogP contribution is 2.21. The molecular weight excluding hydrogens is 208 g/mol. The molecule has 0 aromatic heterocycles. The number of amides is 1. The van der Waals surface area contributed by atoms with E-state index in [0.29, 0.717) is 6.54 Å². The Morgan fingerprint density at radius 1 is 1.31 bits per heavy atom. The Labute approximate surface area is 95.6 Å². The number of hydrogen-bond acceptors (Lipinski definition) is 4. The summed E-state index contributed by atoms with van der Waals surface area (Å²) in [6.45, 7) is 0.479. The highest BCUT2D eigenvalue weighted by molar-refractivity contribution is 5.80. The van der Waals surface area contributed by atoms with Crippen molar-refractivity contribution in [2.45, 2.75) is 56.8 Å². The van der Waals surface area contributed by atoms with E-state index in [1.807, 2.05) is 0 Å². The minimum Gasteiger partial charge on any atom is -0.364 e. The SMILES string of the molecule is NCC1CCC(C(=O)NOC2CCCC2)O1. The van der Waals surface area contributed by atoms with E-state index in [2.05, 4.69) is 5.48 Å². The van der Waals surface area contributed by atoms with Crippen LogP contribution in [0.4, 0.5) is 0 Å². The number of hydroxylamine groups is 1. The second-order valence-electron chi connectivity index (χ2n) is 4.55. The van der Waals surface area contributed by atoms with E-state index in [1.165, 1.54) is 12.8 Å². The monoisotopic (exact) mass is 228 g/mol. The maximum absolute atomic E-state index is 11.7. The minimum absolute atomic E-state index is 0.0298. The van der Waals surface area contributed by atoms with E-state index in [9.17, 15) is 4.79 Å². The Balaban J connectivity index is 1.67. The fourth-order valence-corrected chi connectivity index (χ4v) is 2.29. The van der Waals surface area contributed by atoms with Gasteiger partial charge in [0.25, 0.3) is 5.91 Å². The summed E-state index contributed by atoms with van der Waals surface area (Å²) in [5, 5.41) is 0. The molecule has 16 heavy (non-hydrogen) atoms. The lowest BCUT2D eigenvalue weighted by atomic mass is 10.2. The molecule has 2 unspecified atom stereocenters. The van der Waals surface area contributed by atoms with E-state index in [-0.39, 0.29) is 24.2 Å². The molecule has 0 radical (unpaired) electrons. The van der Waals surface area contributed by atoms with Gasteiger partial charge < -0.3 is 10.5 Å². The van der Waals surface area contributed by atoms with E-state index in [4.69, 9.17) is 15.3 Å². The lowest BCUT2D eigenvalue weighted by molar-refractivity contribution is -0.149. The number of nitrogens with two attached hydrogens (primary N) is 1. The maximum Gasteiger partial charge on any atom is 0.272 e. The van der Waals surface area contributed by atoms with Crippen LogP contribution in [0.25, 0.3) is 0 Å². The fraction of sp³-hybridized carbons (Fsp3) is 0.909. The van der Waals surface area contributed by atoms with Crippen molar-refractivity contribution in [1.82, 2.24) is 5.48 Å². The normalized spacial score (nSPS) is 30.8. The topological polar surface area (TPSA) is 73.6 Å². The van der Waals surface area contributed by atoms with Crippen LogP contribution >= 0.6 is 0 Å². The van der Waals surface area contributed by atoms with Gasteiger partial charge in [-0.15, -0.1) is 0 Å². The molecular formula is C11H20N2O3. The van der Waals surface area contributed by atoms with E-state index >= 15 is 0 Å². The Bertz CT molecular complexity index is 241. The fourth-order valence-electron chi connectivity index (χ4n) is 2.29. The van der Waals surface area contributed by atoms with Gasteiger partial charge in [-0.3, -0.25) is 9.63 Å². The second-order valence-corrected chi connectivity index (χ2v) is 4.55. The number of hydrogen-bond donors (Lipinski definition) is 2. The van der Waals surface area contributed by atoms with Crippen LogP contribution in [0.1, 0.15) is 38.5 Å². The van der Waals surface area contributed by atoms with E-state index in [1.54, 1.807) is 0 Å². The highest BCUT2D eigenvalue weighted by atomic mass is 16.7. The molecule has 92 valence electrons. The molecule has 1 aliphatic carbocycles. The highest BCUT2D eigenvalue weighted by Gasteiger charge is 2.30. The molecule has 5 heteroatoms. The number of ether oxygens (including phenoxy) is 1. The first kappa shape index (κ1) is 11.8. The first-order chi connectivity index (χ1) is 7.79. The lowest BCUT2D eigenvalue weighted by Gasteiger charge is -2.15. The zero-order valence-corrected chi connectivity index (χ0v) is 9.48. The molecule has 0 bridgehead atoms. The second kappa shape index (κ2) is 5.61. The predicted molar refractivity (Wildman–Crippen MR) is 58.4 cm³/mol. The Kier molecular flexibility index (Phi) is 4.15. The molecule has 5 nitrogen and oxygen atoms in total. The van der Waals surface area contributed by atoms with Gasteiger partial charge in [-0.25, -0.2) is 5.48 Å². The summed E-state index contributed by atoms with van der Waals surface area (Å²) in [7, 11) is 0. The van der Waals surface area contributed by atoms with Crippen molar-refractivity contribution in [3.63, 3.8) is 0 Å². The number of carbonyl (C=O) groups excluding carboxylic acids is 1. The van der Waals surface area contributed by atoms with Crippen molar-refractivity contribution in [3.8, 4) is 0 Å². The van der Waals surface area contributed by atoms with Gasteiger partial charge in [-0.05, 0) is 25.7 Å². The quantitative estimate of drug-likeness (QED) is 0.686. The third kappa shape index (κ3) is 2.93. The molecule has 1 heterocycles. The third-order valence-corrected chi connectivity index (χ3v) is 3.29. The summed E-state index contributed by atoms with van der Waals surface area (Å²) in [5.74, 6) is -0.164. The molecule has 0 spiro atoms. The molecule has 0 aromatic rings. The van der Waals surface area contributed by atoms with Gasteiger partial charge in [0.1, 0.15) is 6.10 Å². The van der Waals surface area contributed by atoms with E-state index in [0.717, 1.165) is 25.7 Å². The van der Waals surface area contributed by atoms with Gasteiger partial charge in [-0.2, -0.15) is 0 Å². The molecule has 1 aliphatic heterocycles. The molecule has 2 aliphatic rings. The smallest absolute Gasteiger partial charge is 0.272 e. The average molecular weight is 228 g/mol. The Morgan fingerprint density at radius 2 is 2.06 bits per heavy atom. The van der Waals surface area contributed by atoms with Crippen molar-refractivity contribution in [2.24, 2.45) is 5.73 Å². The Hall–Kier alpha value is -0.650. The van der Waals surface area contributed by atoms with Crippen molar-refractivity contribution in [3.05, 3.63) is 0 Å². The van der Waals surface area contributed by atoms with Gasteiger partial charge in [0.2, 0.25) is 0 Å². The molecule has 1 saturated carbocycles. The molecule has 2 rings (SSSR count). The molecule has 3 N–H and O–H groups in total. The molecule has 1 saturated heterocycles. The van der Waals surface area contributed by atoms with Gasteiger partial charge in [0.05, 0.1) is 12.2 Å². The van der Waals surface area contributed by atoms with Crippen LogP contribution in [-0.2, 0) is 14.4 Å². The lowest BCUT2D eigenvalue weighted by Crippen LogP contribution is -2.37. The van der Waals surface area contributed by atoms with Crippen LogP contribution < -0.4 is 11.2 Å². The third-order valence-electron chi connectivity index (χ3n) is 3.29. The number of rotatable bonds is 4. The maximum atomic E-state index is 11.7. The van der Waals surface area contributed by atoms with Crippen molar-refractivity contribution < 1.29 is 14.4 Å². The van der Waals surface area contributed by atoms with Crippen LogP contribution in [0, 0.1) is 0 Å². The Morgan fingerprint density at radius 3 is 2.69 bits per heavy atom. The van der Waals surface area contributed by atoms with Gasteiger partial charge in [-0.1, -0.05) is 12.8 Å². The predicted octanol–water partition coefficient (Wildman–Crippen LogP) is 0.483. The number of carbonyl (C=O) groups is 1. The summed E-state index contributed by atoms with van der Waals surface area (Å²) in [6, 6.07) is 0. The average Bonchev–Trinajstić information content (AvgIpc) is 2.96. The zero-order chi connectivity index (χ0) is 11.4. The molecule has 0 aromatic carbocycles. The van der Waals surface area contributed by atoms with Crippen LogP contribution in [0.3, 0.4) is 0 Å². The summed E-state index contributed by atoms with van der Waals surface area (Å²) < 4.78 is 5.47. The van der Waals surface area contributed by atoms with Crippen molar-refractivity contribution in [1.29, 1.82) is 0 Å². The number of nitrogens with one attached hydrogen (secondary N) is 1. The van der Waals surface area contributed by atoms with Gasteiger partial charge in [0.15, 0.2) is 0 Å². The largest absolute Gasteiger partial charge is 0.364 e. The minimum atomic E-state index is -0.380.